The molecule has 0 fully saturated rings. The maximum atomic E-state index is 4.50. The molecule has 0 saturated carbocycles. The van der Waals surface area contributed by atoms with Crippen molar-refractivity contribution in [3.63, 3.8) is 0 Å². The van der Waals surface area contributed by atoms with Gasteiger partial charge in [-0.2, -0.15) is 0 Å². The average Bonchev–Trinajstić information content (AvgIpc) is 3.65. The number of hydrogen-bond donors (Lipinski definition) is 0. The Balaban J connectivity index is 1.56. The van der Waals surface area contributed by atoms with Gasteiger partial charge in [-0.15, -0.1) is 11.3 Å². The Kier molecular flexibility index (Phi) is 4.21. The van der Waals surface area contributed by atoms with Crippen molar-refractivity contribution < 1.29 is 0 Å². The predicted octanol–water partition coefficient (Wildman–Crippen LogP) is 9.62. The highest BCUT2D eigenvalue weighted by Crippen LogP contribution is 2.47. The van der Waals surface area contributed by atoms with Crippen LogP contribution in [-0.4, -0.2) is 14.0 Å². The molecule has 0 spiro atoms. The molecule has 9 aromatic rings. The third-order valence-corrected chi connectivity index (χ3v) is 9.24. The molecule has 0 radical (unpaired) electrons. The third kappa shape index (κ3) is 2.78. The Morgan fingerprint density at radius 1 is 0.564 bits per heavy atom. The number of aromatic nitrogens is 3. The summed E-state index contributed by atoms with van der Waals surface area (Å²) < 4.78 is 7.42. The van der Waals surface area contributed by atoms with Crippen molar-refractivity contribution in [1.82, 2.24) is 14.0 Å². The fraction of sp³-hybridized carbons (Fsp3) is 0. The summed E-state index contributed by atoms with van der Waals surface area (Å²) >= 11 is 1.89. The standard InChI is InChI=1S/C35H21N3S/c1-5-16-30-23(10-1)25-18-20-37-29-15-4-2-12-27(29)32(34(37)33(25)38(30)22-9-8-19-36-21-22)28-14-7-13-26-24-11-3-6-17-31(24)39-35(26)28/h1-21H. The van der Waals surface area contributed by atoms with Crippen molar-refractivity contribution in [1.29, 1.82) is 0 Å². The van der Waals surface area contributed by atoms with Crippen LogP contribution in [0.15, 0.2) is 128 Å². The van der Waals surface area contributed by atoms with Gasteiger partial charge in [-0.05, 0) is 36.4 Å². The second-order valence-corrected chi connectivity index (χ2v) is 11.1. The van der Waals surface area contributed by atoms with Crippen LogP contribution in [0.5, 0.6) is 0 Å². The molecule has 3 nitrogen and oxygen atoms in total. The summed E-state index contributed by atoms with van der Waals surface area (Å²) in [5.41, 5.74) is 8.45. The smallest absolute Gasteiger partial charge is 0.0790 e. The van der Waals surface area contributed by atoms with Gasteiger partial charge in [0, 0.05) is 59.9 Å². The molecule has 0 amide bonds. The summed E-state index contributed by atoms with van der Waals surface area (Å²) in [5, 5.41) is 6.39. The highest BCUT2D eigenvalue weighted by Gasteiger charge is 2.23. The Morgan fingerprint density at radius 2 is 1.33 bits per heavy atom. The van der Waals surface area contributed by atoms with Crippen LogP contribution < -0.4 is 0 Å². The topological polar surface area (TPSA) is 22.2 Å². The minimum Gasteiger partial charge on any atom is -0.314 e. The zero-order valence-corrected chi connectivity index (χ0v) is 21.7. The second kappa shape index (κ2) is 7.79. The summed E-state index contributed by atoms with van der Waals surface area (Å²) in [4.78, 5) is 4.50. The van der Waals surface area contributed by atoms with Crippen molar-refractivity contribution in [2.75, 3.05) is 0 Å². The zero-order chi connectivity index (χ0) is 25.5. The van der Waals surface area contributed by atoms with Gasteiger partial charge in [-0.25, -0.2) is 0 Å². The Morgan fingerprint density at radius 3 is 2.21 bits per heavy atom. The first-order valence-corrected chi connectivity index (χ1v) is 14.0. The number of rotatable bonds is 2. The fourth-order valence-corrected chi connectivity index (χ4v) is 7.66. The summed E-state index contributed by atoms with van der Waals surface area (Å²) in [7, 11) is 0. The summed E-state index contributed by atoms with van der Waals surface area (Å²) in [6.45, 7) is 0. The normalized spacial score (nSPS) is 12.1. The van der Waals surface area contributed by atoms with Crippen LogP contribution in [0.1, 0.15) is 0 Å². The minimum atomic E-state index is 1.06. The molecule has 4 aromatic carbocycles. The molecule has 5 heterocycles. The SMILES string of the molecule is c1cncc(-n2c3ccccc3c3ccn4c5ccccc5c(-c5cccc6c5sc5ccccc56)c4c32)c1. The van der Waals surface area contributed by atoms with E-state index in [4.69, 9.17) is 0 Å². The van der Waals surface area contributed by atoms with Gasteiger partial charge in [-0.3, -0.25) is 4.98 Å². The second-order valence-electron chi connectivity index (χ2n) is 10.0. The number of hydrogen-bond acceptors (Lipinski definition) is 2. The lowest BCUT2D eigenvalue weighted by Crippen LogP contribution is -1.96. The maximum Gasteiger partial charge on any atom is 0.0790 e. The van der Waals surface area contributed by atoms with Crippen molar-refractivity contribution in [2.24, 2.45) is 0 Å². The first kappa shape index (κ1) is 21.1. The predicted molar refractivity (Wildman–Crippen MR) is 165 cm³/mol. The first-order chi connectivity index (χ1) is 19.4. The lowest BCUT2D eigenvalue weighted by atomic mass is 9.99. The number of fused-ring (bicyclic) bond motifs is 10. The maximum absolute atomic E-state index is 4.50. The van der Waals surface area contributed by atoms with E-state index in [0.29, 0.717) is 0 Å². The molecule has 0 atom stereocenters. The third-order valence-electron chi connectivity index (χ3n) is 8.02. The molecule has 5 aromatic heterocycles. The molecule has 0 saturated heterocycles. The summed E-state index contributed by atoms with van der Waals surface area (Å²) in [5.74, 6) is 0. The first-order valence-electron chi connectivity index (χ1n) is 13.1. The summed E-state index contributed by atoms with van der Waals surface area (Å²) in [6, 6.07) is 39.5. The number of thiophene rings is 1. The van der Waals surface area contributed by atoms with E-state index in [0.717, 1.165) is 5.69 Å². The van der Waals surface area contributed by atoms with Crippen LogP contribution in [0.25, 0.3) is 75.2 Å². The molecular weight excluding hydrogens is 494 g/mol. The number of nitrogens with zero attached hydrogens (tertiary/aromatic N) is 3. The van der Waals surface area contributed by atoms with E-state index in [1.165, 1.54) is 69.5 Å². The van der Waals surface area contributed by atoms with E-state index < -0.39 is 0 Å². The van der Waals surface area contributed by atoms with Crippen molar-refractivity contribution in [3.05, 3.63) is 128 Å². The van der Waals surface area contributed by atoms with Gasteiger partial charge < -0.3 is 8.97 Å². The molecule has 0 unspecified atom stereocenters. The molecule has 39 heavy (non-hydrogen) atoms. The van der Waals surface area contributed by atoms with Crippen molar-refractivity contribution in [2.45, 2.75) is 0 Å². The van der Waals surface area contributed by atoms with Crippen molar-refractivity contribution in [3.8, 4) is 16.8 Å². The van der Waals surface area contributed by atoms with Gasteiger partial charge in [0.15, 0.2) is 0 Å². The molecule has 4 heteroatoms. The van der Waals surface area contributed by atoms with E-state index in [9.17, 15) is 0 Å². The van der Waals surface area contributed by atoms with Gasteiger partial charge in [0.05, 0.1) is 34.0 Å². The van der Waals surface area contributed by atoms with Crippen LogP contribution in [-0.2, 0) is 0 Å². The average molecular weight is 516 g/mol. The molecule has 182 valence electrons. The Labute approximate surface area is 227 Å². The number of para-hydroxylation sites is 2. The molecule has 0 aliphatic heterocycles. The largest absolute Gasteiger partial charge is 0.314 e. The molecular formula is C35H21N3S. The quantitative estimate of drug-likeness (QED) is 0.225. The zero-order valence-electron chi connectivity index (χ0n) is 20.9. The van der Waals surface area contributed by atoms with Crippen molar-refractivity contribution >= 4 is 69.7 Å². The van der Waals surface area contributed by atoms with E-state index >= 15 is 0 Å². The molecule has 0 bridgehead atoms. The van der Waals surface area contributed by atoms with Gasteiger partial charge in [0.2, 0.25) is 0 Å². The Bertz CT molecular complexity index is 2390. The number of benzene rings is 4. The monoisotopic (exact) mass is 515 g/mol. The van der Waals surface area contributed by atoms with E-state index in [1.807, 2.05) is 29.8 Å². The van der Waals surface area contributed by atoms with E-state index in [1.54, 1.807) is 0 Å². The molecule has 0 aliphatic rings. The van der Waals surface area contributed by atoms with Crippen LogP contribution in [0.3, 0.4) is 0 Å². The van der Waals surface area contributed by atoms with E-state index in [2.05, 4.69) is 123 Å². The Hall–Kier alpha value is -4.93. The van der Waals surface area contributed by atoms with Gasteiger partial charge in [0.1, 0.15) is 0 Å². The lowest BCUT2D eigenvalue weighted by Gasteiger charge is -2.10. The minimum absolute atomic E-state index is 1.06. The lowest BCUT2D eigenvalue weighted by molar-refractivity contribution is 1.13. The summed E-state index contributed by atoms with van der Waals surface area (Å²) in [6.07, 6.45) is 6.05. The molecule has 0 N–H and O–H groups in total. The van der Waals surface area contributed by atoms with Crippen LogP contribution in [0.4, 0.5) is 0 Å². The van der Waals surface area contributed by atoms with Gasteiger partial charge in [-0.1, -0.05) is 72.8 Å². The van der Waals surface area contributed by atoms with Gasteiger partial charge >= 0.3 is 0 Å². The van der Waals surface area contributed by atoms with Gasteiger partial charge in [0.25, 0.3) is 0 Å². The molecule has 0 aliphatic carbocycles. The van der Waals surface area contributed by atoms with Crippen LogP contribution >= 0.6 is 11.3 Å². The van der Waals surface area contributed by atoms with Crippen LogP contribution in [0.2, 0.25) is 0 Å². The molecule has 9 rings (SSSR count). The highest BCUT2D eigenvalue weighted by molar-refractivity contribution is 7.26. The highest BCUT2D eigenvalue weighted by atomic mass is 32.1. The van der Waals surface area contributed by atoms with Crippen LogP contribution in [0, 0.1) is 0 Å². The van der Waals surface area contributed by atoms with E-state index in [-0.39, 0.29) is 0 Å². The number of pyridine rings is 2. The fourth-order valence-electron chi connectivity index (χ4n) is 6.44.